The van der Waals surface area contributed by atoms with Gasteiger partial charge in [-0.15, -0.1) is 0 Å². The van der Waals surface area contributed by atoms with Crippen LogP contribution in [0.25, 0.3) is 11.1 Å². The lowest BCUT2D eigenvalue weighted by molar-refractivity contribution is -0.138. The largest absolute Gasteiger partial charge is 0.488 e. The van der Waals surface area contributed by atoms with Crippen LogP contribution in [0, 0.1) is 18.3 Å². The Kier molecular flexibility index (Phi) is 10.7. The number of carboxylic acids is 1. The molecule has 5 rings (SSSR count). The van der Waals surface area contributed by atoms with Crippen LogP contribution in [0.2, 0.25) is 5.02 Å². The maximum Gasteiger partial charge on any atom is 0.321 e. The molecule has 10 heteroatoms. The first-order chi connectivity index (χ1) is 21.9. The van der Waals surface area contributed by atoms with Gasteiger partial charge in [0.15, 0.2) is 11.5 Å². The molecule has 0 aliphatic carbocycles. The molecule has 0 aromatic heterocycles. The van der Waals surface area contributed by atoms with E-state index in [4.69, 9.17) is 30.5 Å². The fourth-order valence-corrected chi connectivity index (χ4v) is 5.82. The van der Waals surface area contributed by atoms with Crippen molar-refractivity contribution in [2.75, 3.05) is 25.2 Å². The molecule has 1 aliphatic rings. The Morgan fingerprint density at radius 2 is 1.78 bits per heavy atom. The van der Waals surface area contributed by atoms with Crippen LogP contribution in [0.15, 0.2) is 72.8 Å². The molecule has 0 saturated carbocycles. The summed E-state index contributed by atoms with van der Waals surface area (Å²) in [7, 11) is 0. The van der Waals surface area contributed by atoms with Crippen molar-refractivity contribution in [2.45, 2.75) is 32.7 Å². The molecule has 0 amide bonds. The topological polar surface area (TPSA) is 110 Å². The number of rotatable bonds is 13. The van der Waals surface area contributed by atoms with Crippen LogP contribution >= 0.6 is 23.4 Å². The normalized spacial score (nSPS) is 12.7. The maximum atomic E-state index is 11.7. The van der Waals surface area contributed by atoms with Gasteiger partial charge in [-0.3, -0.25) is 10.1 Å². The summed E-state index contributed by atoms with van der Waals surface area (Å²) >= 11 is 8.15. The lowest BCUT2D eigenvalue weighted by atomic mass is 9.96. The van der Waals surface area contributed by atoms with Gasteiger partial charge in [0.1, 0.15) is 44.0 Å². The third kappa shape index (κ3) is 8.03. The highest BCUT2D eigenvalue weighted by atomic mass is 35.5. The summed E-state index contributed by atoms with van der Waals surface area (Å²) in [6.07, 6.45) is 1.86. The molecule has 0 fully saturated rings. The van der Waals surface area contributed by atoms with Gasteiger partial charge in [0.25, 0.3) is 0 Å². The number of thioether (sulfide) groups is 1. The van der Waals surface area contributed by atoms with Gasteiger partial charge < -0.3 is 24.1 Å². The van der Waals surface area contributed by atoms with E-state index >= 15 is 0 Å². The molecule has 1 atom stereocenters. The number of halogens is 1. The molecule has 0 unspecified atom stereocenters. The molecule has 1 heterocycles. The summed E-state index contributed by atoms with van der Waals surface area (Å²) in [5, 5.41) is 22.3. The fourth-order valence-electron chi connectivity index (χ4n) is 4.99. The van der Waals surface area contributed by atoms with Gasteiger partial charge in [0.05, 0.1) is 16.7 Å². The number of aliphatic carboxylic acids is 1. The second kappa shape index (κ2) is 15.1. The molecule has 1 aliphatic heterocycles. The number of benzene rings is 4. The van der Waals surface area contributed by atoms with Crippen LogP contribution in [0.1, 0.15) is 27.8 Å². The number of carbonyl (C=O) groups is 1. The fraction of sp³-hybridized carbons (Fsp3) is 0.257. The maximum absolute atomic E-state index is 11.7. The van der Waals surface area contributed by atoms with Crippen molar-refractivity contribution in [3.05, 3.63) is 106 Å². The minimum absolute atomic E-state index is 0.202. The van der Waals surface area contributed by atoms with Crippen LogP contribution in [-0.2, 0) is 24.6 Å². The molecular weight excluding hydrogens is 612 g/mol. The van der Waals surface area contributed by atoms with Crippen LogP contribution in [0.3, 0.4) is 0 Å². The smallest absolute Gasteiger partial charge is 0.321 e. The van der Waals surface area contributed by atoms with Crippen molar-refractivity contribution in [2.24, 2.45) is 0 Å². The summed E-state index contributed by atoms with van der Waals surface area (Å²) in [6.45, 7) is 3.81. The highest BCUT2D eigenvalue weighted by molar-refractivity contribution is 7.98. The lowest BCUT2D eigenvalue weighted by Crippen LogP contribution is -2.38. The Bertz CT molecular complexity index is 1720. The molecule has 0 spiro atoms. The predicted molar refractivity (Wildman–Crippen MR) is 176 cm³/mol. The first kappa shape index (κ1) is 32.0. The quantitative estimate of drug-likeness (QED) is 0.159. The van der Waals surface area contributed by atoms with Crippen LogP contribution in [0.4, 0.5) is 0 Å². The second-order valence-electron chi connectivity index (χ2n) is 10.5. The SMILES string of the molecule is CSC[C@H](NCc1cc(Cl)c(OCc2cccc(-c3ccc4c(c3)OCCO4)c2C)cc1OCc1cccc(C#N)c1)C(=O)O. The first-order valence-electron chi connectivity index (χ1n) is 14.4. The summed E-state index contributed by atoms with van der Waals surface area (Å²) in [5.41, 5.74) is 6.17. The van der Waals surface area contributed by atoms with Crippen molar-refractivity contribution < 1.29 is 28.8 Å². The summed E-state index contributed by atoms with van der Waals surface area (Å²) in [4.78, 5) is 11.7. The number of nitrogens with one attached hydrogen (secondary N) is 1. The zero-order valence-corrected chi connectivity index (χ0v) is 26.5. The van der Waals surface area contributed by atoms with Gasteiger partial charge in [0.2, 0.25) is 0 Å². The summed E-state index contributed by atoms with van der Waals surface area (Å²) in [6, 6.07) is 24.1. The monoisotopic (exact) mass is 644 g/mol. The van der Waals surface area contributed by atoms with Crippen molar-refractivity contribution in [1.29, 1.82) is 5.26 Å². The number of nitriles is 1. The molecule has 232 valence electrons. The van der Waals surface area contributed by atoms with Gasteiger partial charge in [-0.05, 0) is 71.3 Å². The van der Waals surface area contributed by atoms with E-state index in [0.29, 0.717) is 46.6 Å². The van der Waals surface area contributed by atoms with Crippen molar-refractivity contribution in [3.63, 3.8) is 0 Å². The van der Waals surface area contributed by atoms with Crippen LogP contribution in [-0.4, -0.2) is 42.3 Å². The molecule has 8 nitrogen and oxygen atoms in total. The summed E-state index contributed by atoms with van der Waals surface area (Å²) in [5.74, 6) is 1.89. The third-order valence-corrected chi connectivity index (χ3v) is 8.38. The number of hydrogen-bond donors (Lipinski definition) is 2. The predicted octanol–water partition coefficient (Wildman–Crippen LogP) is 7.02. The molecule has 4 aromatic rings. The molecule has 4 aromatic carbocycles. The van der Waals surface area contributed by atoms with E-state index in [-0.39, 0.29) is 19.8 Å². The van der Waals surface area contributed by atoms with Crippen LogP contribution < -0.4 is 24.3 Å². The van der Waals surface area contributed by atoms with Gasteiger partial charge in [-0.2, -0.15) is 17.0 Å². The Morgan fingerprint density at radius 3 is 2.56 bits per heavy atom. The number of nitrogens with zero attached hydrogens (tertiary/aromatic N) is 1. The van der Waals surface area contributed by atoms with E-state index in [0.717, 1.165) is 39.3 Å². The van der Waals surface area contributed by atoms with E-state index < -0.39 is 12.0 Å². The summed E-state index contributed by atoms with van der Waals surface area (Å²) < 4.78 is 23.9. The van der Waals surface area contributed by atoms with E-state index in [2.05, 4.69) is 24.4 Å². The Labute approximate surface area is 271 Å². The highest BCUT2D eigenvalue weighted by Crippen LogP contribution is 2.37. The Hall–Kier alpha value is -4.36. The molecule has 45 heavy (non-hydrogen) atoms. The average Bonchev–Trinajstić information content (AvgIpc) is 3.05. The zero-order chi connectivity index (χ0) is 31.8. The molecule has 0 saturated heterocycles. The van der Waals surface area contributed by atoms with Gasteiger partial charge in [-0.1, -0.05) is 48.0 Å². The second-order valence-corrected chi connectivity index (χ2v) is 11.8. The van der Waals surface area contributed by atoms with E-state index in [1.807, 2.05) is 42.7 Å². The number of fused-ring (bicyclic) bond motifs is 1. The minimum atomic E-state index is -0.931. The third-order valence-electron chi connectivity index (χ3n) is 7.42. The van der Waals surface area contributed by atoms with Gasteiger partial charge >= 0.3 is 5.97 Å². The van der Waals surface area contributed by atoms with Crippen molar-refractivity contribution in [3.8, 4) is 40.2 Å². The number of carboxylic acid groups (broad SMARTS) is 1. The van der Waals surface area contributed by atoms with Crippen molar-refractivity contribution >= 4 is 29.3 Å². The van der Waals surface area contributed by atoms with Crippen LogP contribution in [0.5, 0.6) is 23.0 Å². The van der Waals surface area contributed by atoms with E-state index in [1.54, 1.807) is 30.3 Å². The van der Waals surface area contributed by atoms with E-state index in [9.17, 15) is 15.2 Å². The lowest BCUT2D eigenvalue weighted by Gasteiger charge is -2.20. The molecule has 0 bridgehead atoms. The molecular formula is C35H33ClN2O6S. The minimum Gasteiger partial charge on any atom is -0.488 e. The Morgan fingerprint density at radius 1 is 1.00 bits per heavy atom. The standard InChI is InChI=1S/C35H33ClN2O6S/c1-22-26(7-4-8-28(22)25-9-10-31-34(15-25)42-12-11-41-31)20-44-33-16-32(43-19-24-6-3-5-23(13-24)17-37)27(14-29(33)36)18-38-30(21-45-2)35(39)40/h3-10,13-16,30,38H,11-12,18-21H2,1-2H3,(H,39,40)/t30-/m0/s1. The average molecular weight is 645 g/mol. The van der Waals surface area contributed by atoms with Crippen molar-refractivity contribution in [1.82, 2.24) is 5.32 Å². The molecule has 0 radical (unpaired) electrons. The number of ether oxygens (including phenoxy) is 4. The molecule has 2 N–H and O–H groups in total. The number of hydrogen-bond acceptors (Lipinski definition) is 8. The Balaban J connectivity index is 1.37. The first-order valence-corrected chi connectivity index (χ1v) is 16.1. The van der Waals surface area contributed by atoms with E-state index in [1.165, 1.54) is 11.8 Å². The van der Waals surface area contributed by atoms with Gasteiger partial charge in [-0.25, -0.2) is 0 Å². The highest BCUT2D eigenvalue weighted by Gasteiger charge is 2.19. The zero-order valence-electron chi connectivity index (χ0n) is 25.0. The van der Waals surface area contributed by atoms with Gasteiger partial charge in [0, 0.05) is 23.9 Å².